The first-order valence-electron chi connectivity index (χ1n) is 4.44. The van der Waals surface area contributed by atoms with Crippen LogP contribution >= 0.6 is 11.3 Å². The molecule has 2 nitrogen and oxygen atoms in total. The van der Waals surface area contributed by atoms with E-state index in [1.54, 1.807) is 11.3 Å². The Balaban J connectivity index is 2.67. The molecule has 0 aliphatic rings. The second-order valence-corrected chi connectivity index (χ2v) is 4.14. The predicted molar refractivity (Wildman–Crippen MR) is 59.7 cm³/mol. The minimum absolute atomic E-state index is 1.06. The standard InChI is InChI=1S/C11H8N2S/c1-7-4-5-12-8-2-3-9-11(10(7)8)14-6-13-9/h2-6H,1H3. The van der Waals surface area contributed by atoms with Gasteiger partial charge in [-0.15, -0.1) is 11.3 Å². The fourth-order valence-electron chi connectivity index (χ4n) is 1.72. The lowest BCUT2D eigenvalue weighted by molar-refractivity contribution is 1.37. The van der Waals surface area contributed by atoms with E-state index in [0.717, 1.165) is 11.0 Å². The summed E-state index contributed by atoms with van der Waals surface area (Å²) >= 11 is 1.68. The summed E-state index contributed by atoms with van der Waals surface area (Å²) in [5.41, 5.74) is 5.28. The lowest BCUT2D eigenvalue weighted by Gasteiger charge is -2.00. The normalized spacial score (nSPS) is 11.2. The number of pyridine rings is 1. The molecule has 1 aromatic carbocycles. The number of aryl methyl sites for hydroxylation is 1. The SMILES string of the molecule is Cc1ccnc2ccc3ncsc3c12. The summed E-state index contributed by atoms with van der Waals surface area (Å²) in [5.74, 6) is 0. The van der Waals surface area contributed by atoms with Crippen molar-refractivity contribution >= 4 is 32.5 Å². The maximum Gasteiger partial charge on any atom is 0.0819 e. The highest BCUT2D eigenvalue weighted by atomic mass is 32.1. The molecule has 0 atom stereocenters. The zero-order chi connectivity index (χ0) is 9.54. The van der Waals surface area contributed by atoms with Crippen molar-refractivity contribution in [2.24, 2.45) is 0 Å². The Morgan fingerprint density at radius 2 is 1.93 bits per heavy atom. The minimum atomic E-state index is 1.06. The van der Waals surface area contributed by atoms with Gasteiger partial charge >= 0.3 is 0 Å². The molecule has 2 aromatic heterocycles. The van der Waals surface area contributed by atoms with E-state index in [1.165, 1.54) is 15.6 Å². The minimum Gasteiger partial charge on any atom is -0.256 e. The van der Waals surface area contributed by atoms with Gasteiger partial charge in [0.25, 0.3) is 0 Å². The van der Waals surface area contributed by atoms with Gasteiger partial charge in [-0.3, -0.25) is 4.98 Å². The highest BCUT2D eigenvalue weighted by molar-refractivity contribution is 7.17. The van der Waals surface area contributed by atoms with Gasteiger partial charge in [-0.2, -0.15) is 0 Å². The van der Waals surface area contributed by atoms with Gasteiger partial charge < -0.3 is 0 Å². The van der Waals surface area contributed by atoms with Crippen molar-refractivity contribution in [3.63, 3.8) is 0 Å². The zero-order valence-corrected chi connectivity index (χ0v) is 8.51. The summed E-state index contributed by atoms with van der Waals surface area (Å²) in [5, 5.41) is 1.24. The highest BCUT2D eigenvalue weighted by Crippen LogP contribution is 2.28. The third kappa shape index (κ3) is 0.960. The second kappa shape index (κ2) is 2.75. The van der Waals surface area contributed by atoms with Crippen LogP contribution < -0.4 is 0 Å². The lowest BCUT2D eigenvalue weighted by Crippen LogP contribution is -1.82. The van der Waals surface area contributed by atoms with E-state index in [0.29, 0.717) is 0 Å². The fourth-order valence-corrected chi connectivity index (χ4v) is 2.62. The van der Waals surface area contributed by atoms with E-state index in [-0.39, 0.29) is 0 Å². The van der Waals surface area contributed by atoms with E-state index in [4.69, 9.17) is 0 Å². The van der Waals surface area contributed by atoms with Crippen LogP contribution in [0.5, 0.6) is 0 Å². The third-order valence-electron chi connectivity index (χ3n) is 2.41. The van der Waals surface area contributed by atoms with Crippen LogP contribution in [-0.4, -0.2) is 9.97 Å². The van der Waals surface area contributed by atoms with Gasteiger partial charge in [-0.05, 0) is 30.7 Å². The largest absolute Gasteiger partial charge is 0.256 e. The van der Waals surface area contributed by atoms with Crippen LogP contribution in [0.15, 0.2) is 29.9 Å². The second-order valence-electron chi connectivity index (χ2n) is 3.29. The molecule has 0 radical (unpaired) electrons. The number of hydrogen-bond acceptors (Lipinski definition) is 3. The van der Waals surface area contributed by atoms with E-state index in [1.807, 2.05) is 29.9 Å². The van der Waals surface area contributed by atoms with Crippen LogP contribution in [0.3, 0.4) is 0 Å². The van der Waals surface area contributed by atoms with E-state index in [9.17, 15) is 0 Å². The van der Waals surface area contributed by atoms with E-state index >= 15 is 0 Å². The van der Waals surface area contributed by atoms with E-state index in [2.05, 4.69) is 16.9 Å². The zero-order valence-electron chi connectivity index (χ0n) is 7.69. The average molecular weight is 200 g/mol. The van der Waals surface area contributed by atoms with Crippen molar-refractivity contribution in [1.29, 1.82) is 0 Å². The number of hydrogen-bond donors (Lipinski definition) is 0. The van der Waals surface area contributed by atoms with Crippen molar-refractivity contribution in [1.82, 2.24) is 9.97 Å². The maximum absolute atomic E-state index is 4.35. The molecular weight excluding hydrogens is 192 g/mol. The van der Waals surface area contributed by atoms with E-state index < -0.39 is 0 Å². The molecule has 3 heteroatoms. The summed E-state index contributed by atoms with van der Waals surface area (Å²) in [6, 6.07) is 6.10. The average Bonchev–Trinajstić information content (AvgIpc) is 2.65. The summed E-state index contributed by atoms with van der Waals surface area (Å²) < 4.78 is 1.24. The van der Waals surface area contributed by atoms with Gasteiger partial charge in [0, 0.05) is 11.6 Å². The van der Waals surface area contributed by atoms with Gasteiger partial charge in [0.05, 0.1) is 21.2 Å². The summed E-state index contributed by atoms with van der Waals surface area (Å²) in [6.07, 6.45) is 1.85. The Bertz CT molecular complexity index is 613. The number of benzene rings is 1. The van der Waals surface area contributed by atoms with Crippen LogP contribution in [0, 0.1) is 6.92 Å². The molecule has 3 rings (SSSR count). The Morgan fingerprint density at radius 1 is 1.07 bits per heavy atom. The molecule has 0 bridgehead atoms. The molecule has 0 fully saturated rings. The van der Waals surface area contributed by atoms with Crippen molar-refractivity contribution < 1.29 is 0 Å². The van der Waals surface area contributed by atoms with Crippen LogP contribution in [-0.2, 0) is 0 Å². The number of rotatable bonds is 0. The Hall–Kier alpha value is -1.48. The molecule has 3 aromatic rings. The molecule has 0 saturated heterocycles. The Morgan fingerprint density at radius 3 is 2.86 bits per heavy atom. The van der Waals surface area contributed by atoms with Crippen molar-refractivity contribution in [3.8, 4) is 0 Å². The van der Waals surface area contributed by atoms with Gasteiger partial charge in [-0.25, -0.2) is 4.98 Å². The van der Waals surface area contributed by atoms with Gasteiger partial charge in [0.1, 0.15) is 0 Å². The fraction of sp³-hybridized carbons (Fsp3) is 0.0909. The first-order chi connectivity index (χ1) is 6.86. The number of nitrogens with zero attached hydrogens (tertiary/aromatic N) is 2. The molecule has 14 heavy (non-hydrogen) atoms. The molecular formula is C11H8N2S. The van der Waals surface area contributed by atoms with Crippen LogP contribution in [0.25, 0.3) is 21.1 Å². The molecule has 68 valence electrons. The molecule has 0 aliphatic heterocycles. The Labute approximate surface area is 85.2 Å². The Kier molecular flexibility index (Phi) is 1.55. The smallest absolute Gasteiger partial charge is 0.0819 e. The topological polar surface area (TPSA) is 25.8 Å². The number of aromatic nitrogens is 2. The van der Waals surface area contributed by atoms with Crippen molar-refractivity contribution in [3.05, 3.63) is 35.5 Å². The molecule has 0 aliphatic carbocycles. The van der Waals surface area contributed by atoms with Crippen LogP contribution in [0.2, 0.25) is 0 Å². The van der Waals surface area contributed by atoms with Crippen LogP contribution in [0.4, 0.5) is 0 Å². The first kappa shape index (κ1) is 7.88. The summed E-state index contributed by atoms with van der Waals surface area (Å²) in [7, 11) is 0. The molecule has 2 heterocycles. The predicted octanol–water partition coefficient (Wildman–Crippen LogP) is 3.15. The molecule has 0 spiro atoms. The van der Waals surface area contributed by atoms with Gasteiger partial charge in [0.15, 0.2) is 0 Å². The summed E-state index contributed by atoms with van der Waals surface area (Å²) in [4.78, 5) is 8.65. The third-order valence-corrected chi connectivity index (χ3v) is 3.27. The van der Waals surface area contributed by atoms with Crippen molar-refractivity contribution in [2.45, 2.75) is 6.92 Å². The highest BCUT2D eigenvalue weighted by Gasteiger charge is 2.05. The number of thiazole rings is 1. The molecule has 0 amide bonds. The molecule has 0 unspecified atom stereocenters. The molecule has 0 saturated carbocycles. The lowest BCUT2D eigenvalue weighted by atomic mass is 10.1. The van der Waals surface area contributed by atoms with Gasteiger partial charge in [-0.1, -0.05) is 0 Å². The van der Waals surface area contributed by atoms with Crippen LogP contribution in [0.1, 0.15) is 5.56 Å². The quantitative estimate of drug-likeness (QED) is 0.557. The maximum atomic E-state index is 4.35. The first-order valence-corrected chi connectivity index (χ1v) is 5.32. The van der Waals surface area contributed by atoms with Crippen molar-refractivity contribution in [2.75, 3.05) is 0 Å². The van der Waals surface area contributed by atoms with Gasteiger partial charge in [0.2, 0.25) is 0 Å². The molecule has 0 N–H and O–H groups in total. The number of fused-ring (bicyclic) bond motifs is 3. The summed E-state index contributed by atoms with van der Waals surface area (Å²) in [6.45, 7) is 2.11. The monoisotopic (exact) mass is 200 g/mol.